The fourth-order valence-electron chi connectivity index (χ4n) is 3.93. The predicted octanol–water partition coefficient (Wildman–Crippen LogP) is 3.03. The summed E-state index contributed by atoms with van der Waals surface area (Å²) in [6.45, 7) is 0.890. The molecule has 4 rings (SSSR count). The van der Waals surface area contributed by atoms with E-state index < -0.39 is 0 Å². The van der Waals surface area contributed by atoms with Gasteiger partial charge in [0.05, 0.1) is 0 Å². The lowest BCUT2D eigenvalue weighted by atomic mass is 9.93. The predicted molar refractivity (Wildman–Crippen MR) is 95.7 cm³/mol. The van der Waals surface area contributed by atoms with E-state index in [1.165, 1.54) is 30.4 Å². The Morgan fingerprint density at radius 1 is 1.16 bits per heavy atom. The molecular formula is C19H22N6. The first kappa shape index (κ1) is 15.9. The lowest BCUT2D eigenvalue weighted by molar-refractivity contribution is 0.219. The smallest absolute Gasteiger partial charge is 0.222 e. The molecule has 25 heavy (non-hydrogen) atoms. The maximum Gasteiger partial charge on any atom is 0.222 e. The molecule has 1 saturated carbocycles. The maximum absolute atomic E-state index is 4.35. The second kappa shape index (κ2) is 7.11. The lowest BCUT2D eigenvalue weighted by Crippen LogP contribution is -2.33. The zero-order valence-electron chi connectivity index (χ0n) is 14.3. The van der Waals surface area contributed by atoms with Crippen LogP contribution in [0.5, 0.6) is 0 Å². The van der Waals surface area contributed by atoms with Crippen LogP contribution in [0, 0.1) is 0 Å². The average Bonchev–Trinajstić information content (AvgIpc) is 3.34. The Kier molecular flexibility index (Phi) is 4.52. The summed E-state index contributed by atoms with van der Waals surface area (Å²) in [5.41, 5.74) is 3.43. The molecule has 0 amide bonds. The van der Waals surface area contributed by atoms with E-state index in [1.807, 2.05) is 12.3 Å². The Hall–Kier alpha value is -2.60. The van der Waals surface area contributed by atoms with Gasteiger partial charge >= 0.3 is 0 Å². The monoisotopic (exact) mass is 334 g/mol. The van der Waals surface area contributed by atoms with E-state index in [1.54, 1.807) is 0 Å². The standard InChI is InChI=1S/C19H22N6/c1-25(18-9-5-8-16(18)15-6-3-2-4-7-15)13-14-10-11-20-17(12-14)19-21-23-24-22-19/h2-4,6-7,10-12,16,18H,5,8-9,13H2,1H3,(H,21,22,23,24). The number of aromatic nitrogens is 5. The summed E-state index contributed by atoms with van der Waals surface area (Å²) in [6.07, 6.45) is 5.62. The molecule has 6 heteroatoms. The number of hydrogen-bond acceptors (Lipinski definition) is 5. The Balaban J connectivity index is 1.50. The van der Waals surface area contributed by atoms with Gasteiger partial charge in [-0.2, -0.15) is 5.21 Å². The average molecular weight is 334 g/mol. The van der Waals surface area contributed by atoms with Crippen LogP contribution in [0.15, 0.2) is 48.7 Å². The number of H-pyrrole nitrogens is 1. The minimum Gasteiger partial charge on any atom is -0.299 e. The third-order valence-electron chi connectivity index (χ3n) is 5.10. The van der Waals surface area contributed by atoms with Crippen LogP contribution in [0.25, 0.3) is 11.5 Å². The number of rotatable bonds is 5. The number of tetrazole rings is 1. The van der Waals surface area contributed by atoms with Gasteiger partial charge in [0, 0.05) is 18.8 Å². The van der Waals surface area contributed by atoms with E-state index >= 15 is 0 Å². The molecule has 1 fully saturated rings. The highest BCUT2D eigenvalue weighted by atomic mass is 15.5. The Bertz CT molecular complexity index is 802. The van der Waals surface area contributed by atoms with E-state index in [4.69, 9.17) is 0 Å². The molecule has 128 valence electrons. The van der Waals surface area contributed by atoms with Gasteiger partial charge in [0.2, 0.25) is 5.82 Å². The van der Waals surface area contributed by atoms with Gasteiger partial charge in [-0.1, -0.05) is 36.8 Å². The molecule has 1 aliphatic carbocycles. The van der Waals surface area contributed by atoms with E-state index in [2.05, 4.69) is 74.0 Å². The van der Waals surface area contributed by atoms with Crippen molar-refractivity contribution < 1.29 is 0 Å². The number of hydrogen-bond donors (Lipinski definition) is 1. The van der Waals surface area contributed by atoms with Gasteiger partial charge in [0.1, 0.15) is 5.69 Å². The third kappa shape index (κ3) is 3.44. The molecule has 2 atom stereocenters. The van der Waals surface area contributed by atoms with Crippen molar-refractivity contribution in [2.24, 2.45) is 0 Å². The summed E-state index contributed by atoms with van der Waals surface area (Å²) in [5, 5.41) is 14.1. The summed E-state index contributed by atoms with van der Waals surface area (Å²) in [6, 6.07) is 15.6. The van der Waals surface area contributed by atoms with Crippen molar-refractivity contribution >= 4 is 0 Å². The van der Waals surface area contributed by atoms with Crippen LogP contribution in [0.1, 0.15) is 36.3 Å². The van der Waals surface area contributed by atoms with Crippen LogP contribution in [-0.2, 0) is 6.54 Å². The SMILES string of the molecule is CN(Cc1ccnc(-c2nn[nH]n2)c1)C1CCCC1c1ccccc1. The molecule has 3 aromatic rings. The van der Waals surface area contributed by atoms with Crippen LogP contribution in [0.3, 0.4) is 0 Å². The summed E-state index contributed by atoms with van der Waals surface area (Å²) in [4.78, 5) is 6.82. The van der Waals surface area contributed by atoms with Gasteiger partial charge in [-0.25, -0.2) is 0 Å². The zero-order chi connectivity index (χ0) is 17.1. The van der Waals surface area contributed by atoms with Gasteiger partial charge in [-0.3, -0.25) is 9.88 Å². The van der Waals surface area contributed by atoms with Crippen LogP contribution >= 0.6 is 0 Å². The molecule has 2 heterocycles. The molecule has 0 radical (unpaired) electrons. The largest absolute Gasteiger partial charge is 0.299 e. The van der Waals surface area contributed by atoms with Crippen LogP contribution in [-0.4, -0.2) is 43.6 Å². The molecule has 1 N–H and O–H groups in total. The van der Waals surface area contributed by atoms with E-state index in [0.717, 1.165) is 12.2 Å². The number of benzene rings is 1. The molecule has 0 bridgehead atoms. The molecule has 0 spiro atoms. The number of nitrogens with zero attached hydrogens (tertiary/aromatic N) is 5. The van der Waals surface area contributed by atoms with Gasteiger partial charge in [-0.15, -0.1) is 10.2 Å². The van der Waals surface area contributed by atoms with Gasteiger partial charge in [-0.05, 0) is 54.3 Å². The molecule has 1 aliphatic rings. The third-order valence-corrected chi connectivity index (χ3v) is 5.10. The van der Waals surface area contributed by atoms with Crippen molar-refractivity contribution in [2.75, 3.05) is 7.05 Å². The second-order valence-corrected chi connectivity index (χ2v) is 6.72. The first-order valence-corrected chi connectivity index (χ1v) is 8.75. The molecule has 6 nitrogen and oxygen atoms in total. The lowest BCUT2D eigenvalue weighted by Gasteiger charge is -2.30. The summed E-state index contributed by atoms with van der Waals surface area (Å²) in [7, 11) is 2.22. The molecule has 0 saturated heterocycles. The fourth-order valence-corrected chi connectivity index (χ4v) is 3.93. The quantitative estimate of drug-likeness (QED) is 0.776. The highest BCUT2D eigenvalue weighted by molar-refractivity contribution is 5.48. The highest BCUT2D eigenvalue weighted by Gasteiger charge is 2.31. The van der Waals surface area contributed by atoms with Crippen molar-refractivity contribution in [3.05, 3.63) is 59.8 Å². The Morgan fingerprint density at radius 2 is 2.04 bits per heavy atom. The first-order valence-electron chi connectivity index (χ1n) is 8.75. The number of aromatic amines is 1. The minimum atomic E-state index is 0.535. The van der Waals surface area contributed by atoms with E-state index in [0.29, 0.717) is 17.8 Å². The fraction of sp³-hybridized carbons (Fsp3) is 0.368. The van der Waals surface area contributed by atoms with Gasteiger partial charge in [0.25, 0.3) is 0 Å². The summed E-state index contributed by atoms with van der Waals surface area (Å²) in [5.74, 6) is 1.15. The second-order valence-electron chi connectivity index (χ2n) is 6.72. The summed E-state index contributed by atoms with van der Waals surface area (Å²) >= 11 is 0. The van der Waals surface area contributed by atoms with Gasteiger partial charge < -0.3 is 0 Å². The van der Waals surface area contributed by atoms with Crippen molar-refractivity contribution in [3.8, 4) is 11.5 Å². The van der Waals surface area contributed by atoms with Gasteiger partial charge in [0.15, 0.2) is 0 Å². The van der Waals surface area contributed by atoms with Crippen molar-refractivity contribution in [2.45, 2.75) is 37.8 Å². The van der Waals surface area contributed by atoms with Crippen LogP contribution in [0.2, 0.25) is 0 Å². The normalized spacial score (nSPS) is 20.2. The Labute approximate surface area is 147 Å². The highest BCUT2D eigenvalue weighted by Crippen LogP contribution is 2.37. The van der Waals surface area contributed by atoms with Crippen LogP contribution in [0.4, 0.5) is 0 Å². The van der Waals surface area contributed by atoms with E-state index in [9.17, 15) is 0 Å². The van der Waals surface area contributed by atoms with Crippen molar-refractivity contribution in [3.63, 3.8) is 0 Å². The topological polar surface area (TPSA) is 70.6 Å². The summed E-state index contributed by atoms with van der Waals surface area (Å²) < 4.78 is 0. The molecule has 2 aromatic heterocycles. The van der Waals surface area contributed by atoms with E-state index in [-0.39, 0.29) is 0 Å². The minimum absolute atomic E-state index is 0.535. The first-order chi connectivity index (χ1) is 12.3. The van der Waals surface area contributed by atoms with Crippen molar-refractivity contribution in [1.82, 2.24) is 30.5 Å². The maximum atomic E-state index is 4.35. The number of pyridine rings is 1. The molecule has 1 aromatic carbocycles. The number of nitrogens with one attached hydrogen (secondary N) is 1. The molecular weight excluding hydrogens is 312 g/mol. The van der Waals surface area contributed by atoms with Crippen molar-refractivity contribution in [1.29, 1.82) is 0 Å². The van der Waals surface area contributed by atoms with Crippen LogP contribution < -0.4 is 0 Å². The Morgan fingerprint density at radius 3 is 2.84 bits per heavy atom. The molecule has 2 unspecified atom stereocenters. The zero-order valence-corrected chi connectivity index (χ0v) is 14.3. The molecule has 0 aliphatic heterocycles. The number of likely N-dealkylation sites (N-methyl/N-ethyl adjacent to an activating group) is 1.